The van der Waals surface area contributed by atoms with Crippen molar-refractivity contribution in [1.29, 1.82) is 0 Å². The number of benzene rings is 4. The number of hydrogen-bond donors (Lipinski definition) is 3. The zero-order valence-corrected chi connectivity index (χ0v) is 22.3. The molecule has 0 heterocycles. The number of nitrogens with zero attached hydrogens (tertiary/aromatic N) is 1. The SMILES string of the molecule is O/N=C1/C(=C/c2ccc(OCc3ccccc3)cc2)CCCC1C(NO)c1ccc(OCc2ccccc2)cc1. The summed E-state index contributed by atoms with van der Waals surface area (Å²) in [7, 11) is 0. The lowest BCUT2D eigenvalue weighted by Crippen LogP contribution is -2.34. The second-order valence-corrected chi connectivity index (χ2v) is 9.95. The van der Waals surface area contributed by atoms with E-state index in [9.17, 15) is 10.4 Å². The second-order valence-electron chi connectivity index (χ2n) is 9.95. The second kappa shape index (κ2) is 13.6. The van der Waals surface area contributed by atoms with E-state index in [1.807, 2.05) is 109 Å². The van der Waals surface area contributed by atoms with Gasteiger partial charge in [0.05, 0.1) is 11.8 Å². The summed E-state index contributed by atoms with van der Waals surface area (Å²) in [5.41, 5.74) is 8.12. The van der Waals surface area contributed by atoms with Crippen LogP contribution in [0.15, 0.2) is 120 Å². The fourth-order valence-electron chi connectivity index (χ4n) is 5.14. The molecule has 2 atom stereocenters. The molecule has 40 heavy (non-hydrogen) atoms. The number of oxime groups is 1. The van der Waals surface area contributed by atoms with Gasteiger partial charge < -0.3 is 19.9 Å². The lowest BCUT2D eigenvalue weighted by molar-refractivity contribution is 0.106. The fourth-order valence-corrected chi connectivity index (χ4v) is 5.14. The van der Waals surface area contributed by atoms with E-state index in [-0.39, 0.29) is 5.92 Å². The van der Waals surface area contributed by atoms with Crippen molar-refractivity contribution in [1.82, 2.24) is 5.48 Å². The van der Waals surface area contributed by atoms with Crippen molar-refractivity contribution >= 4 is 11.8 Å². The van der Waals surface area contributed by atoms with Crippen LogP contribution in [0.25, 0.3) is 6.08 Å². The summed E-state index contributed by atoms with van der Waals surface area (Å²) in [6.45, 7) is 1.00. The summed E-state index contributed by atoms with van der Waals surface area (Å²) in [5.74, 6) is 1.35. The van der Waals surface area contributed by atoms with E-state index in [0.717, 1.165) is 58.6 Å². The van der Waals surface area contributed by atoms with Crippen LogP contribution in [-0.4, -0.2) is 16.1 Å². The molecule has 0 amide bonds. The van der Waals surface area contributed by atoms with Crippen LogP contribution in [0.5, 0.6) is 11.5 Å². The van der Waals surface area contributed by atoms with Crippen LogP contribution in [0.1, 0.15) is 47.6 Å². The molecule has 5 rings (SSSR count). The molecule has 1 aliphatic rings. The molecule has 0 bridgehead atoms. The van der Waals surface area contributed by atoms with Gasteiger partial charge in [-0.05, 0) is 77.4 Å². The lowest BCUT2D eigenvalue weighted by atomic mass is 9.77. The number of rotatable bonds is 10. The number of allylic oxidation sites excluding steroid dienone is 1. The predicted octanol–water partition coefficient (Wildman–Crippen LogP) is 7.58. The lowest BCUT2D eigenvalue weighted by Gasteiger charge is -2.32. The highest BCUT2D eigenvalue weighted by molar-refractivity contribution is 6.06. The number of ether oxygens (including phenoxy) is 2. The number of nitrogens with one attached hydrogen (secondary N) is 1. The molecule has 4 aromatic carbocycles. The molecule has 6 nitrogen and oxygen atoms in total. The maximum atomic E-state index is 10.2. The van der Waals surface area contributed by atoms with E-state index in [1.165, 1.54) is 0 Å². The zero-order chi connectivity index (χ0) is 27.6. The Labute approximate surface area is 235 Å². The van der Waals surface area contributed by atoms with Crippen LogP contribution >= 0.6 is 0 Å². The molecule has 0 saturated heterocycles. The first-order valence-electron chi connectivity index (χ1n) is 13.6. The van der Waals surface area contributed by atoms with Crippen molar-refractivity contribution in [3.63, 3.8) is 0 Å². The monoisotopic (exact) mass is 534 g/mol. The summed E-state index contributed by atoms with van der Waals surface area (Å²) < 4.78 is 11.8. The molecule has 2 unspecified atom stereocenters. The van der Waals surface area contributed by atoms with Crippen LogP contribution < -0.4 is 15.0 Å². The molecular formula is C34H34N2O4. The topological polar surface area (TPSA) is 83.3 Å². The van der Waals surface area contributed by atoms with Crippen molar-refractivity contribution in [3.8, 4) is 11.5 Å². The minimum atomic E-state index is -0.425. The van der Waals surface area contributed by atoms with E-state index < -0.39 is 6.04 Å². The minimum absolute atomic E-state index is 0.195. The van der Waals surface area contributed by atoms with Gasteiger partial charge in [0.1, 0.15) is 24.7 Å². The highest BCUT2D eigenvalue weighted by atomic mass is 16.5. The van der Waals surface area contributed by atoms with Crippen LogP contribution in [0.4, 0.5) is 0 Å². The van der Waals surface area contributed by atoms with Gasteiger partial charge in [-0.15, -0.1) is 0 Å². The molecular weight excluding hydrogens is 500 g/mol. The van der Waals surface area contributed by atoms with Gasteiger partial charge in [0.15, 0.2) is 0 Å². The van der Waals surface area contributed by atoms with E-state index in [0.29, 0.717) is 18.9 Å². The predicted molar refractivity (Wildman–Crippen MR) is 157 cm³/mol. The average molecular weight is 535 g/mol. The Bertz CT molecular complexity index is 1400. The third-order valence-corrected chi connectivity index (χ3v) is 7.25. The molecule has 6 heteroatoms. The standard InChI is InChI=1S/C34H34N2O4/c37-35-33(28-16-20-31(21-17-28)40-24-27-10-5-2-6-11-27)32-13-7-12-29(34(32)36-38)22-25-14-18-30(19-15-25)39-23-26-8-3-1-4-9-26/h1-6,8-11,14-22,32-33,35,37-38H,7,12-13,23-24H2/b29-22+,36-34-. The van der Waals surface area contributed by atoms with Gasteiger partial charge in [0, 0.05) is 5.92 Å². The Hall–Kier alpha value is -4.39. The summed E-state index contributed by atoms with van der Waals surface area (Å²) in [5, 5.41) is 23.9. The van der Waals surface area contributed by atoms with E-state index in [1.54, 1.807) is 0 Å². The molecule has 204 valence electrons. The van der Waals surface area contributed by atoms with E-state index >= 15 is 0 Å². The molecule has 1 fully saturated rings. The number of hydrogen-bond acceptors (Lipinski definition) is 6. The highest BCUT2D eigenvalue weighted by Gasteiger charge is 2.33. The maximum Gasteiger partial charge on any atom is 0.119 e. The Morgan fingerprint density at radius 2 is 1.32 bits per heavy atom. The van der Waals surface area contributed by atoms with E-state index in [4.69, 9.17) is 9.47 Å². The summed E-state index contributed by atoms with van der Waals surface area (Å²) in [6.07, 6.45) is 4.56. The van der Waals surface area contributed by atoms with Gasteiger partial charge in [-0.3, -0.25) is 0 Å². The van der Waals surface area contributed by atoms with Crippen molar-refractivity contribution < 1.29 is 19.9 Å². The molecule has 1 saturated carbocycles. The fraction of sp³-hybridized carbons (Fsp3) is 0.206. The smallest absolute Gasteiger partial charge is 0.119 e. The molecule has 0 spiro atoms. The van der Waals surface area contributed by atoms with Gasteiger partial charge in [-0.2, -0.15) is 5.48 Å². The molecule has 3 N–H and O–H groups in total. The van der Waals surface area contributed by atoms with Crippen molar-refractivity contribution in [2.24, 2.45) is 11.1 Å². The first-order valence-corrected chi connectivity index (χ1v) is 13.6. The van der Waals surface area contributed by atoms with Crippen molar-refractivity contribution in [3.05, 3.63) is 137 Å². The van der Waals surface area contributed by atoms with Gasteiger partial charge >= 0.3 is 0 Å². The van der Waals surface area contributed by atoms with Crippen LogP contribution in [0, 0.1) is 5.92 Å². The Kier molecular flexibility index (Phi) is 9.25. The third-order valence-electron chi connectivity index (χ3n) is 7.25. The molecule has 0 radical (unpaired) electrons. The summed E-state index contributed by atoms with van der Waals surface area (Å²) in [4.78, 5) is 0. The normalized spacial score (nSPS) is 18.0. The Balaban J connectivity index is 1.25. The summed E-state index contributed by atoms with van der Waals surface area (Å²) in [6, 6.07) is 35.2. The average Bonchev–Trinajstić information content (AvgIpc) is 3.02. The quantitative estimate of drug-likeness (QED) is 0.144. The van der Waals surface area contributed by atoms with E-state index in [2.05, 4.69) is 16.7 Å². The van der Waals surface area contributed by atoms with Gasteiger partial charge in [-0.25, -0.2) is 0 Å². The molecule has 0 aliphatic heterocycles. The highest BCUT2D eigenvalue weighted by Crippen LogP contribution is 2.36. The largest absolute Gasteiger partial charge is 0.489 e. The van der Waals surface area contributed by atoms with Gasteiger partial charge in [0.25, 0.3) is 0 Å². The molecule has 0 aromatic heterocycles. The van der Waals surface area contributed by atoms with Gasteiger partial charge in [-0.1, -0.05) is 90.1 Å². The first kappa shape index (κ1) is 27.2. The summed E-state index contributed by atoms with van der Waals surface area (Å²) >= 11 is 0. The minimum Gasteiger partial charge on any atom is -0.489 e. The van der Waals surface area contributed by atoms with Gasteiger partial charge in [0.2, 0.25) is 0 Å². The van der Waals surface area contributed by atoms with Crippen LogP contribution in [0.2, 0.25) is 0 Å². The zero-order valence-electron chi connectivity index (χ0n) is 22.3. The molecule has 1 aliphatic carbocycles. The van der Waals surface area contributed by atoms with Crippen LogP contribution in [0.3, 0.4) is 0 Å². The Morgan fingerprint density at radius 1 is 0.775 bits per heavy atom. The number of hydroxylamine groups is 1. The maximum absolute atomic E-state index is 10.2. The Morgan fingerprint density at radius 3 is 1.85 bits per heavy atom. The van der Waals surface area contributed by atoms with Crippen molar-refractivity contribution in [2.45, 2.75) is 38.5 Å². The third kappa shape index (κ3) is 6.97. The van der Waals surface area contributed by atoms with Crippen molar-refractivity contribution in [2.75, 3.05) is 0 Å². The molecule has 4 aromatic rings. The van der Waals surface area contributed by atoms with Crippen LogP contribution in [-0.2, 0) is 13.2 Å². The first-order chi connectivity index (χ1) is 19.7.